The van der Waals surface area contributed by atoms with Crippen LogP contribution in [0.1, 0.15) is 29.6 Å². The van der Waals surface area contributed by atoms with Gasteiger partial charge in [-0.2, -0.15) is 13.2 Å². The van der Waals surface area contributed by atoms with Crippen molar-refractivity contribution in [2.24, 2.45) is 0 Å². The van der Waals surface area contributed by atoms with Gasteiger partial charge in [-0.1, -0.05) is 12.1 Å². The van der Waals surface area contributed by atoms with Crippen molar-refractivity contribution in [1.29, 1.82) is 0 Å². The van der Waals surface area contributed by atoms with E-state index in [1.165, 1.54) is 24.3 Å². The minimum Gasteiger partial charge on any atom is -0.481 e. The number of hydrogen-bond acceptors (Lipinski definition) is 3. The number of carbonyl (C=O) groups excluding carboxylic acids is 2. The summed E-state index contributed by atoms with van der Waals surface area (Å²) < 4.78 is 36.6. The van der Waals surface area contributed by atoms with E-state index >= 15 is 0 Å². The lowest BCUT2D eigenvalue weighted by Crippen LogP contribution is -2.30. The van der Waals surface area contributed by atoms with Crippen LogP contribution in [0, 0.1) is 0 Å². The highest BCUT2D eigenvalue weighted by molar-refractivity contribution is 6.05. The zero-order chi connectivity index (χ0) is 16.0. The highest BCUT2D eigenvalue weighted by atomic mass is 19.4. The number of carboxylic acid groups (broad SMARTS) is 1. The molecule has 1 rings (SSSR count). The molecule has 0 bridgehead atoms. The molecule has 5 nitrogen and oxygen atoms in total. The fraction of sp³-hybridized carbons (Fsp3) is 0.308. The van der Waals surface area contributed by atoms with Crippen LogP contribution in [-0.4, -0.2) is 28.9 Å². The van der Waals surface area contributed by atoms with Crippen LogP contribution in [0.3, 0.4) is 0 Å². The van der Waals surface area contributed by atoms with Crippen LogP contribution in [0.5, 0.6) is 0 Å². The van der Waals surface area contributed by atoms with Gasteiger partial charge in [-0.3, -0.25) is 14.4 Å². The van der Waals surface area contributed by atoms with E-state index in [4.69, 9.17) is 5.11 Å². The third-order valence-electron chi connectivity index (χ3n) is 2.53. The summed E-state index contributed by atoms with van der Waals surface area (Å²) in [5, 5.41) is 10.1. The number of para-hydroxylation sites is 1. The average Bonchev–Trinajstić information content (AvgIpc) is 2.37. The molecule has 0 radical (unpaired) electrons. The molecule has 0 saturated carbocycles. The maximum absolute atomic E-state index is 12.2. The number of rotatable bonds is 6. The molecule has 8 heteroatoms. The zero-order valence-electron chi connectivity index (χ0n) is 10.7. The van der Waals surface area contributed by atoms with Gasteiger partial charge in [-0.15, -0.1) is 0 Å². The molecule has 1 amide bonds. The van der Waals surface area contributed by atoms with Crippen molar-refractivity contribution in [3.05, 3.63) is 29.8 Å². The summed E-state index contributed by atoms with van der Waals surface area (Å²) in [6.45, 7) is 0. The number of alkyl halides is 3. The van der Waals surface area contributed by atoms with E-state index in [0.717, 1.165) is 0 Å². The van der Waals surface area contributed by atoms with Gasteiger partial charge in [-0.25, -0.2) is 0 Å². The Morgan fingerprint density at radius 1 is 1.10 bits per heavy atom. The third kappa shape index (κ3) is 5.25. The number of aliphatic carboxylic acids is 1. The van der Waals surface area contributed by atoms with Gasteiger partial charge in [0.15, 0.2) is 5.78 Å². The quantitative estimate of drug-likeness (QED) is 0.791. The molecule has 0 spiro atoms. The Balaban J connectivity index is 2.81. The molecule has 0 saturated heterocycles. The molecular formula is C13H12F3NO4. The number of carboxylic acids is 1. The Morgan fingerprint density at radius 2 is 1.71 bits per heavy atom. The number of halogens is 3. The first-order valence-corrected chi connectivity index (χ1v) is 5.94. The maximum atomic E-state index is 12.2. The van der Waals surface area contributed by atoms with Gasteiger partial charge in [-0.05, 0) is 18.6 Å². The minimum atomic E-state index is -5.06. The number of hydrogen-bond donors (Lipinski definition) is 2. The van der Waals surface area contributed by atoms with Gasteiger partial charge in [0.25, 0.3) is 0 Å². The molecule has 0 aromatic heterocycles. The zero-order valence-corrected chi connectivity index (χ0v) is 10.7. The lowest BCUT2D eigenvalue weighted by molar-refractivity contribution is -0.167. The van der Waals surface area contributed by atoms with Gasteiger partial charge in [0.2, 0.25) is 0 Å². The Morgan fingerprint density at radius 3 is 2.29 bits per heavy atom. The van der Waals surface area contributed by atoms with Crippen LogP contribution in [0.2, 0.25) is 0 Å². The predicted octanol–water partition coefficient (Wildman–Crippen LogP) is 2.63. The number of anilines is 1. The van der Waals surface area contributed by atoms with Crippen LogP contribution in [0.4, 0.5) is 18.9 Å². The molecule has 1 aromatic carbocycles. The molecule has 0 aliphatic carbocycles. The third-order valence-corrected chi connectivity index (χ3v) is 2.53. The molecule has 21 heavy (non-hydrogen) atoms. The van der Waals surface area contributed by atoms with Crippen molar-refractivity contribution in [3.8, 4) is 0 Å². The standard InChI is InChI=1S/C13H12F3NO4/c14-13(15,16)12(21)17-9-5-2-1-4-8(9)10(18)6-3-7-11(19)20/h1-2,4-5H,3,6-7H2,(H,17,21)(H,19,20). The molecule has 0 atom stereocenters. The Kier molecular flexibility index (Phi) is 5.45. The smallest absolute Gasteiger partial charge is 0.471 e. The fourth-order valence-electron chi connectivity index (χ4n) is 1.56. The fourth-order valence-corrected chi connectivity index (χ4v) is 1.56. The van der Waals surface area contributed by atoms with Crippen molar-refractivity contribution >= 4 is 23.3 Å². The highest BCUT2D eigenvalue weighted by Gasteiger charge is 2.39. The molecule has 0 heterocycles. The molecule has 1 aromatic rings. The number of carbonyl (C=O) groups is 3. The number of Topliss-reactive ketones (excluding diaryl/α,β-unsaturated/α-hetero) is 1. The van der Waals surface area contributed by atoms with Gasteiger partial charge < -0.3 is 10.4 Å². The molecule has 0 unspecified atom stereocenters. The van der Waals surface area contributed by atoms with Gasteiger partial charge in [0, 0.05) is 18.4 Å². The lowest BCUT2D eigenvalue weighted by Gasteiger charge is -2.11. The second-order valence-corrected chi connectivity index (χ2v) is 4.17. The van der Waals surface area contributed by atoms with Gasteiger partial charge >= 0.3 is 18.1 Å². The molecule has 0 fully saturated rings. The summed E-state index contributed by atoms with van der Waals surface area (Å²) >= 11 is 0. The van der Waals surface area contributed by atoms with Crippen molar-refractivity contribution in [1.82, 2.24) is 0 Å². The summed E-state index contributed by atoms with van der Waals surface area (Å²) in [7, 11) is 0. The Hall–Kier alpha value is -2.38. The topological polar surface area (TPSA) is 83.5 Å². The van der Waals surface area contributed by atoms with E-state index in [2.05, 4.69) is 0 Å². The second kappa shape index (κ2) is 6.87. The highest BCUT2D eigenvalue weighted by Crippen LogP contribution is 2.22. The largest absolute Gasteiger partial charge is 0.481 e. The normalized spacial score (nSPS) is 11.0. The van der Waals surface area contributed by atoms with Gasteiger partial charge in [0.05, 0.1) is 5.69 Å². The number of amides is 1. The van der Waals surface area contributed by atoms with E-state index in [0.29, 0.717) is 0 Å². The summed E-state index contributed by atoms with van der Waals surface area (Å²) in [5.41, 5.74) is -0.333. The van der Waals surface area contributed by atoms with E-state index in [-0.39, 0.29) is 30.5 Å². The van der Waals surface area contributed by atoms with Crippen LogP contribution in [0.15, 0.2) is 24.3 Å². The van der Waals surface area contributed by atoms with Crippen LogP contribution >= 0.6 is 0 Å². The summed E-state index contributed by atoms with van der Waals surface area (Å²) in [5.74, 6) is -3.77. The van der Waals surface area contributed by atoms with Crippen molar-refractivity contribution in [2.45, 2.75) is 25.4 Å². The first-order chi connectivity index (χ1) is 9.71. The van der Waals surface area contributed by atoms with Crippen molar-refractivity contribution < 1.29 is 32.7 Å². The average molecular weight is 303 g/mol. The number of nitrogens with one attached hydrogen (secondary N) is 1. The van der Waals surface area contributed by atoms with Crippen LogP contribution in [-0.2, 0) is 9.59 Å². The molecule has 2 N–H and O–H groups in total. The monoisotopic (exact) mass is 303 g/mol. The first kappa shape index (κ1) is 16.7. The maximum Gasteiger partial charge on any atom is 0.471 e. The second-order valence-electron chi connectivity index (χ2n) is 4.17. The SMILES string of the molecule is O=C(O)CCCC(=O)c1ccccc1NC(=O)C(F)(F)F. The van der Waals surface area contributed by atoms with E-state index < -0.39 is 23.8 Å². The summed E-state index contributed by atoms with van der Waals surface area (Å²) in [6.07, 6.45) is -5.34. The number of benzene rings is 1. The minimum absolute atomic E-state index is 0.0652. The molecular weight excluding hydrogens is 291 g/mol. The molecule has 114 valence electrons. The van der Waals surface area contributed by atoms with Gasteiger partial charge in [0.1, 0.15) is 0 Å². The van der Waals surface area contributed by atoms with E-state index in [1.807, 2.05) is 0 Å². The van der Waals surface area contributed by atoms with Crippen LogP contribution in [0.25, 0.3) is 0 Å². The molecule has 0 aliphatic rings. The van der Waals surface area contributed by atoms with Crippen molar-refractivity contribution in [3.63, 3.8) is 0 Å². The first-order valence-electron chi connectivity index (χ1n) is 5.94. The summed E-state index contributed by atoms with van der Waals surface area (Å²) in [4.78, 5) is 33.1. The van der Waals surface area contributed by atoms with Crippen molar-refractivity contribution in [2.75, 3.05) is 5.32 Å². The Labute approximate surface area is 117 Å². The Bertz CT molecular complexity index is 555. The molecule has 0 aliphatic heterocycles. The number of ketones is 1. The van der Waals surface area contributed by atoms with Crippen LogP contribution < -0.4 is 5.32 Å². The van der Waals surface area contributed by atoms with E-state index in [1.54, 1.807) is 5.32 Å². The summed E-state index contributed by atoms with van der Waals surface area (Å²) in [6, 6.07) is 5.26. The predicted molar refractivity (Wildman–Crippen MR) is 66.9 cm³/mol. The lowest BCUT2D eigenvalue weighted by atomic mass is 10.0. The van der Waals surface area contributed by atoms with E-state index in [9.17, 15) is 27.6 Å².